The third-order valence-electron chi connectivity index (χ3n) is 5.26. The van der Waals surface area contributed by atoms with Gasteiger partial charge in [0, 0.05) is 16.7 Å². The van der Waals surface area contributed by atoms with Crippen molar-refractivity contribution in [3.8, 4) is 0 Å². The zero-order chi connectivity index (χ0) is 19.8. The average molecular weight is 441 g/mol. The fourth-order valence-electron chi connectivity index (χ4n) is 4.08. The zero-order valence-electron chi connectivity index (χ0n) is 16.2. The van der Waals surface area contributed by atoms with Crippen LogP contribution >= 0.6 is 15.9 Å². The van der Waals surface area contributed by atoms with Gasteiger partial charge < -0.3 is 20.5 Å². The van der Waals surface area contributed by atoms with Crippen LogP contribution in [-0.2, 0) is 11.2 Å². The maximum atomic E-state index is 10.4. The van der Waals surface area contributed by atoms with Crippen LogP contribution in [0.15, 0.2) is 53.0 Å². The average Bonchev–Trinajstić information content (AvgIpc) is 2.65. The number of ether oxygens (including phenoxy) is 1. The van der Waals surface area contributed by atoms with E-state index in [1.54, 1.807) is 0 Å². The molecule has 4 rings (SSSR count). The molecule has 2 unspecified atom stereocenters. The number of nitrogens with zero attached hydrogens (tertiary/aromatic N) is 1. The molecule has 3 N–H and O–H groups in total. The first-order valence-electron chi connectivity index (χ1n) is 9.46. The summed E-state index contributed by atoms with van der Waals surface area (Å²) < 4.78 is 7.44. The van der Waals surface area contributed by atoms with Crippen LogP contribution in [0.5, 0.6) is 0 Å². The van der Waals surface area contributed by atoms with Gasteiger partial charge in [0.2, 0.25) is 0 Å². The third-order valence-corrected chi connectivity index (χ3v) is 5.97. The molecule has 28 heavy (non-hydrogen) atoms. The maximum absolute atomic E-state index is 10.4. The van der Waals surface area contributed by atoms with Crippen LogP contribution in [0.3, 0.4) is 0 Å². The summed E-state index contributed by atoms with van der Waals surface area (Å²) >= 11 is 3.77. The van der Waals surface area contributed by atoms with E-state index in [0.29, 0.717) is 6.54 Å². The predicted molar refractivity (Wildman–Crippen MR) is 118 cm³/mol. The normalized spacial score (nSPS) is 16.8. The fraction of sp³-hybridized carbons (Fsp3) is 0.304. The second-order valence-corrected chi connectivity index (χ2v) is 8.59. The summed E-state index contributed by atoms with van der Waals surface area (Å²) in [6.07, 6.45) is 0.0614. The number of hydrogen-bond acceptors (Lipinski definition) is 4. The number of halogens is 1. The number of likely N-dealkylation sites (N-methyl/N-ethyl adjacent to an activating group) is 1. The smallest absolute Gasteiger partial charge is 0.109 e. The lowest BCUT2D eigenvalue weighted by molar-refractivity contribution is -0.00373. The number of rotatable bonds is 5. The van der Waals surface area contributed by atoms with E-state index in [2.05, 4.69) is 40.2 Å². The molecule has 0 saturated heterocycles. The van der Waals surface area contributed by atoms with Crippen LogP contribution in [-0.4, -0.2) is 43.4 Å². The van der Waals surface area contributed by atoms with Gasteiger partial charge in [0.05, 0.1) is 12.7 Å². The maximum Gasteiger partial charge on any atom is 0.109 e. The van der Waals surface area contributed by atoms with Crippen LogP contribution in [0.4, 0.5) is 5.69 Å². The molecule has 0 saturated carbocycles. The Kier molecular flexibility index (Phi) is 5.43. The topological polar surface area (TPSA) is 58.7 Å². The van der Waals surface area contributed by atoms with Gasteiger partial charge in [0.1, 0.15) is 6.10 Å². The van der Waals surface area contributed by atoms with Gasteiger partial charge in [-0.25, -0.2) is 0 Å². The molecule has 0 bridgehead atoms. The monoisotopic (exact) mass is 440 g/mol. The highest BCUT2D eigenvalue weighted by atomic mass is 79.9. The Hall–Kier alpha value is -1.92. The molecule has 0 radical (unpaired) electrons. The molecule has 0 aromatic heterocycles. The minimum Gasteiger partial charge on any atom is -0.399 e. The molecule has 0 spiro atoms. The minimum atomic E-state index is -0.545. The highest BCUT2D eigenvalue weighted by Crippen LogP contribution is 2.44. The van der Waals surface area contributed by atoms with E-state index in [9.17, 15) is 5.11 Å². The van der Waals surface area contributed by atoms with Crippen molar-refractivity contribution >= 4 is 32.4 Å². The summed E-state index contributed by atoms with van der Waals surface area (Å²) in [5.41, 5.74) is 11.6. The van der Waals surface area contributed by atoms with Gasteiger partial charge in [-0.2, -0.15) is 0 Å². The molecule has 3 aromatic rings. The van der Waals surface area contributed by atoms with E-state index in [0.717, 1.165) is 38.5 Å². The van der Waals surface area contributed by atoms with Crippen molar-refractivity contribution in [2.75, 3.05) is 33.0 Å². The number of benzene rings is 3. The molecule has 1 aliphatic rings. The van der Waals surface area contributed by atoms with Crippen molar-refractivity contribution in [1.29, 1.82) is 0 Å². The third kappa shape index (κ3) is 3.67. The van der Waals surface area contributed by atoms with E-state index in [-0.39, 0.29) is 12.7 Å². The summed E-state index contributed by atoms with van der Waals surface area (Å²) in [5, 5.41) is 12.6. The number of nitrogen functional groups attached to an aromatic ring is 1. The molecule has 5 heteroatoms. The Morgan fingerprint density at radius 3 is 2.79 bits per heavy atom. The summed E-state index contributed by atoms with van der Waals surface area (Å²) in [5.74, 6) is 0. The van der Waals surface area contributed by atoms with E-state index in [4.69, 9.17) is 10.5 Å². The summed E-state index contributed by atoms with van der Waals surface area (Å²) in [4.78, 5) is 1.96. The quantitative estimate of drug-likeness (QED) is 0.585. The van der Waals surface area contributed by atoms with Gasteiger partial charge in [-0.05, 0) is 71.7 Å². The van der Waals surface area contributed by atoms with Crippen molar-refractivity contribution in [2.24, 2.45) is 0 Å². The lowest BCUT2D eigenvalue weighted by Gasteiger charge is -2.31. The molecule has 2 atom stereocenters. The molecular formula is C23H25BrN2O2. The van der Waals surface area contributed by atoms with E-state index in [1.165, 1.54) is 11.1 Å². The Balaban J connectivity index is 1.83. The van der Waals surface area contributed by atoms with Crippen molar-refractivity contribution in [3.63, 3.8) is 0 Å². The Morgan fingerprint density at radius 2 is 2.00 bits per heavy atom. The molecule has 0 aliphatic heterocycles. The Morgan fingerprint density at radius 1 is 1.21 bits per heavy atom. The molecule has 1 aliphatic carbocycles. The van der Waals surface area contributed by atoms with E-state index >= 15 is 0 Å². The second kappa shape index (κ2) is 7.84. The molecule has 3 aromatic carbocycles. The number of nitrogens with two attached hydrogens (primary N) is 1. The molecule has 0 heterocycles. The summed E-state index contributed by atoms with van der Waals surface area (Å²) in [7, 11) is 3.89. The van der Waals surface area contributed by atoms with Gasteiger partial charge in [0.25, 0.3) is 0 Å². The number of aliphatic hydroxyl groups is 1. The van der Waals surface area contributed by atoms with Crippen molar-refractivity contribution in [3.05, 3.63) is 75.3 Å². The van der Waals surface area contributed by atoms with E-state index in [1.807, 2.05) is 43.3 Å². The van der Waals surface area contributed by atoms with Crippen LogP contribution in [0.2, 0.25) is 0 Å². The van der Waals surface area contributed by atoms with Gasteiger partial charge >= 0.3 is 0 Å². The van der Waals surface area contributed by atoms with Crippen LogP contribution in [0, 0.1) is 0 Å². The lowest BCUT2D eigenvalue weighted by Crippen LogP contribution is -2.31. The Bertz CT molecular complexity index is 1020. The van der Waals surface area contributed by atoms with Crippen molar-refractivity contribution in [2.45, 2.75) is 18.6 Å². The van der Waals surface area contributed by atoms with Crippen molar-refractivity contribution in [1.82, 2.24) is 4.90 Å². The molecule has 146 valence electrons. The lowest BCUT2D eigenvalue weighted by atomic mass is 9.81. The number of hydrogen-bond donors (Lipinski definition) is 2. The summed E-state index contributed by atoms with van der Waals surface area (Å²) in [6.45, 7) is 0.834. The molecule has 0 amide bonds. The zero-order valence-corrected chi connectivity index (χ0v) is 17.7. The second-order valence-electron chi connectivity index (χ2n) is 7.74. The van der Waals surface area contributed by atoms with Gasteiger partial charge in [-0.3, -0.25) is 0 Å². The standard InChI is InChI=1S/C23H25BrN2O2/c1-26(2)12-17(27)13-28-23-18-6-4-3-5-14(18)9-20-21(24)10-15-7-8-16(25)11-19(15)22(20)23/h3-8,10-11,17,23,27H,9,12-13,25H2,1-2H3. The SMILES string of the molecule is CN(C)CC(O)COC1c2ccccc2Cc2c(Br)cc3ccc(N)cc3c21. The number of fused-ring (bicyclic) bond motifs is 4. The summed E-state index contributed by atoms with van der Waals surface area (Å²) in [6, 6.07) is 16.5. The first kappa shape index (κ1) is 19.4. The van der Waals surface area contributed by atoms with Crippen LogP contribution in [0.25, 0.3) is 10.8 Å². The molecule has 0 fully saturated rings. The predicted octanol–water partition coefficient (Wildman–Crippen LogP) is 4.12. The highest BCUT2D eigenvalue weighted by molar-refractivity contribution is 9.10. The van der Waals surface area contributed by atoms with Crippen LogP contribution in [0.1, 0.15) is 28.4 Å². The number of anilines is 1. The van der Waals surface area contributed by atoms with Gasteiger partial charge in [0.15, 0.2) is 0 Å². The highest BCUT2D eigenvalue weighted by Gasteiger charge is 2.30. The Labute approximate surface area is 174 Å². The first-order chi connectivity index (χ1) is 13.4. The van der Waals surface area contributed by atoms with Gasteiger partial charge in [-0.15, -0.1) is 0 Å². The minimum absolute atomic E-state index is 0.237. The fourth-order valence-corrected chi connectivity index (χ4v) is 4.68. The van der Waals surface area contributed by atoms with Crippen molar-refractivity contribution < 1.29 is 9.84 Å². The molecular weight excluding hydrogens is 416 g/mol. The number of aliphatic hydroxyl groups excluding tert-OH is 1. The largest absolute Gasteiger partial charge is 0.399 e. The van der Waals surface area contributed by atoms with Gasteiger partial charge in [-0.1, -0.05) is 46.3 Å². The van der Waals surface area contributed by atoms with Crippen LogP contribution < -0.4 is 5.73 Å². The molecule has 4 nitrogen and oxygen atoms in total. The van der Waals surface area contributed by atoms with E-state index < -0.39 is 6.10 Å². The first-order valence-corrected chi connectivity index (χ1v) is 10.3.